The van der Waals surface area contributed by atoms with Crippen LogP contribution < -0.4 is 5.32 Å². The summed E-state index contributed by atoms with van der Waals surface area (Å²) in [4.78, 5) is 14.1. The van der Waals surface area contributed by atoms with Crippen LogP contribution in [-0.2, 0) is 20.0 Å². The number of rotatable bonds is 6. The highest BCUT2D eigenvalue weighted by Gasteiger charge is 2.31. The number of likely N-dealkylation sites (N-methyl/N-ethyl adjacent to an activating group) is 1. The van der Waals surface area contributed by atoms with Crippen LogP contribution in [0.15, 0.2) is 24.3 Å². The molecule has 5 nitrogen and oxygen atoms in total. The summed E-state index contributed by atoms with van der Waals surface area (Å²) < 4.78 is 23.1. The Morgan fingerprint density at radius 3 is 2.67 bits per heavy atom. The van der Waals surface area contributed by atoms with Gasteiger partial charge in [0.25, 0.3) is 0 Å². The Labute approximate surface area is 145 Å². The topological polar surface area (TPSA) is 66.5 Å². The summed E-state index contributed by atoms with van der Waals surface area (Å²) in [6.07, 6.45) is 0.612. The average molecular weight is 353 g/mol. The quantitative estimate of drug-likeness (QED) is 0.843. The molecule has 1 atom stereocenters. The van der Waals surface area contributed by atoms with E-state index in [9.17, 15) is 13.2 Å². The molecule has 0 spiro atoms. The third kappa shape index (κ3) is 5.05. The molecule has 1 heterocycles. The molecular weight excluding hydrogens is 324 g/mol. The molecule has 1 aromatic carbocycles. The van der Waals surface area contributed by atoms with Crippen LogP contribution in [0.5, 0.6) is 0 Å². The number of sulfone groups is 1. The van der Waals surface area contributed by atoms with Crippen LogP contribution in [-0.4, -0.2) is 56.9 Å². The fourth-order valence-corrected chi connectivity index (χ4v) is 4.83. The van der Waals surface area contributed by atoms with E-state index >= 15 is 0 Å². The highest BCUT2D eigenvalue weighted by molar-refractivity contribution is 7.91. The molecule has 1 saturated heterocycles. The number of nitrogens with zero attached hydrogens (tertiary/aromatic N) is 1. The summed E-state index contributed by atoms with van der Waals surface area (Å²) in [6, 6.07) is 8.26. The van der Waals surface area contributed by atoms with Crippen molar-refractivity contribution in [1.82, 2.24) is 10.2 Å². The van der Waals surface area contributed by atoms with Gasteiger partial charge in [0.15, 0.2) is 9.84 Å². The maximum absolute atomic E-state index is 12.2. The smallest absolute Gasteiger partial charge is 0.234 e. The van der Waals surface area contributed by atoms with E-state index < -0.39 is 9.84 Å². The number of amides is 1. The van der Waals surface area contributed by atoms with Crippen LogP contribution in [0, 0.1) is 6.92 Å². The third-order valence-electron chi connectivity index (χ3n) is 4.75. The molecule has 0 saturated carbocycles. The monoisotopic (exact) mass is 352 g/mol. The molecule has 6 heteroatoms. The number of carbonyl (C=O) groups excluding carboxylic acids is 1. The van der Waals surface area contributed by atoms with Crippen molar-refractivity contribution >= 4 is 15.7 Å². The minimum Gasteiger partial charge on any atom is -0.354 e. The SMILES string of the molecule is Cc1cccc(C(C)(C)CNC(=O)CN(C)[C@H]2CCS(=O)(=O)C2)c1. The van der Waals surface area contributed by atoms with E-state index in [1.807, 2.05) is 18.0 Å². The van der Waals surface area contributed by atoms with Crippen molar-refractivity contribution in [1.29, 1.82) is 0 Å². The molecule has 1 aliphatic heterocycles. The Morgan fingerprint density at radius 1 is 1.38 bits per heavy atom. The van der Waals surface area contributed by atoms with Gasteiger partial charge in [-0.1, -0.05) is 43.7 Å². The third-order valence-corrected chi connectivity index (χ3v) is 6.50. The summed E-state index contributed by atoms with van der Waals surface area (Å²) in [5.41, 5.74) is 2.24. The van der Waals surface area contributed by atoms with Gasteiger partial charge < -0.3 is 5.32 Å². The second kappa shape index (κ2) is 7.23. The molecule has 0 radical (unpaired) electrons. The largest absolute Gasteiger partial charge is 0.354 e. The maximum atomic E-state index is 12.2. The summed E-state index contributed by atoms with van der Waals surface area (Å²) >= 11 is 0. The van der Waals surface area contributed by atoms with Gasteiger partial charge in [-0.15, -0.1) is 0 Å². The number of carbonyl (C=O) groups is 1. The van der Waals surface area contributed by atoms with Gasteiger partial charge in [-0.05, 0) is 26.0 Å². The van der Waals surface area contributed by atoms with Gasteiger partial charge in [0.2, 0.25) is 5.91 Å². The van der Waals surface area contributed by atoms with E-state index in [0.717, 1.165) is 0 Å². The van der Waals surface area contributed by atoms with Crippen LogP contribution in [0.25, 0.3) is 0 Å². The fraction of sp³-hybridized carbons (Fsp3) is 0.611. The molecule has 1 N–H and O–H groups in total. The van der Waals surface area contributed by atoms with Gasteiger partial charge in [0, 0.05) is 18.0 Å². The van der Waals surface area contributed by atoms with Crippen molar-refractivity contribution in [2.24, 2.45) is 0 Å². The summed E-state index contributed by atoms with van der Waals surface area (Å²) in [5, 5.41) is 2.99. The van der Waals surface area contributed by atoms with E-state index in [1.165, 1.54) is 11.1 Å². The minimum absolute atomic E-state index is 0.0504. The van der Waals surface area contributed by atoms with E-state index in [1.54, 1.807) is 0 Å². The van der Waals surface area contributed by atoms with Crippen molar-refractivity contribution in [2.45, 2.75) is 38.6 Å². The summed E-state index contributed by atoms with van der Waals surface area (Å²) in [6.45, 7) is 7.05. The minimum atomic E-state index is -2.93. The zero-order chi connectivity index (χ0) is 18.0. The molecule has 2 rings (SSSR count). The predicted molar refractivity (Wildman–Crippen MR) is 96.9 cm³/mol. The molecule has 1 aromatic rings. The van der Waals surface area contributed by atoms with Crippen LogP contribution in [0.4, 0.5) is 0 Å². The number of aryl methyl sites for hydroxylation is 1. The number of benzene rings is 1. The molecule has 1 fully saturated rings. The maximum Gasteiger partial charge on any atom is 0.234 e. The Bertz CT molecular complexity index is 698. The molecule has 0 bridgehead atoms. The number of nitrogens with one attached hydrogen (secondary N) is 1. The van der Waals surface area contributed by atoms with Gasteiger partial charge >= 0.3 is 0 Å². The zero-order valence-electron chi connectivity index (χ0n) is 15.0. The highest BCUT2D eigenvalue weighted by Crippen LogP contribution is 2.23. The first kappa shape index (κ1) is 18.9. The average Bonchev–Trinajstić information content (AvgIpc) is 2.86. The first-order valence-corrected chi connectivity index (χ1v) is 10.2. The van der Waals surface area contributed by atoms with Crippen molar-refractivity contribution < 1.29 is 13.2 Å². The van der Waals surface area contributed by atoms with E-state index in [4.69, 9.17) is 0 Å². The molecular formula is C18H28N2O3S. The van der Waals surface area contributed by atoms with Gasteiger partial charge in [0.1, 0.15) is 0 Å². The number of hydrogen-bond donors (Lipinski definition) is 1. The lowest BCUT2D eigenvalue weighted by Crippen LogP contribution is -2.44. The van der Waals surface area contributed by atoms with Crippen LogP contribution in [0.2, 0.25) is 0 Å². The Hall–Kier alpha value is -1.40. The Balaban J connectivity index is 1.86. The first-order valence-electron chi connectivity index (χ1n) is 8.33. The normalized spacial score (nSPS) is 20.3. The lowest BCUT2D eigenvalue weighted by molar-refractivity contribution is -0.122. The van der Waals surface area contributed by atoms with Gasteiger partial charge in [-0.3, -0.25) is 9.69 Å². The van der Waals surface area contributed by atoms with Crippen molar-refractivity contribution in [3.05, 3.63) is 35.4 Å². The van der Waals surface area contributed by atoms with Gasteiger partial charge in [-0.2, -0.15) is 0 Å². The Kier molecular flexibility index (Phi) is 5.71. The molecule has 1 amide bonds. The van der Waals surface area contributed by atoms with E-state index in [0.29, 0.717) is 13.0 Å². The molecule has 0 aromatic heterocycles. The fourth-order valence-electron chi connectivity index (χ4n) is 3.02. The van der Waals surface area contributed by atoms with Gasteiger partial charge in [-0.25, -0.2) is 8.42 Å². The predicted octanol–water partition coefficient (Wildman–Crippen LogP) is 1.51. The Morgan fingerprint density at radius 2 is 2.08 bits per heavy atom. The van der Waals surface area contributed by atoms with Gasteiger partial charge in [0.05, 0.1) is 18.1 Å². The second-order valence-corrected chi connectivity index (χ2v) is 9.73. The van der Waals surface area contributed by atoms with Crippen molar-refractivity contribution in [2.75, 3.05) is 31.6 Å². The molecule has 0 unspecified atom stereocenters. The van der Waals surface area contributed by atoms with E-state index in [-0.39, 0.29) is 35.4 Å². The first-order chi connectivity index (χ1) is 11.1. The lowest BCUT2D eigenvalue weighted by Gasteiger charge is -2.27. The molecule has 0 aliphatic carbocycles. The molecule has 1 aliphatic rings. The van der Waals surface area contributed by atoms with Crippen LogP contribution in [0.3, 0.4) is 0 Å². The second-order valence-electron chi connectivity index (χ2n) is 7.50. The molecule has 24 heavy (non-hydrogen) atoms. The van der Waals surface area contributed by atoms with Crippen LogP contribution >= 0.6 is 0 Å². The highest BCUT2D eigenvalue weighted by atomic mass is 32.2. The summed E-state index contributed by atoms with van der Waals surface area (Å²) in [7, 11) is -1.11. The lowest BCUT2D eigenvalue weighted by atomic mass is 9.84. The van der Waals surface area contributed by atoms with Crippen molar-refractivity contribution in [3.63, 3.8) is 0 Å². The number of hydrogen-bond acceptors (Lipinski definition) is 4. The molecule has 134 valence electrons. The van der Waals surface area contributed by atoms with Crippen LogP contribution in [0.1, 0.15) is 31.4 Å². The summed E-state index contributed by atoms with van der Waals surface area (Å²) in [5.74, 6) is 0.317. The van der Waals surface area contributed by atoms with E-state index in [2.05, 4.69) is 44.3 Å². The zero-order valence-corrected chi connectivity index (χ0v) is 15.8. The standard InChI is InChI=1S/C18H28N2O3S/c1-14-6-5-7-15(10-14)18(2,3)13-19-17(21)11-20(4)16-8-9-24(22,23)12-16/h5-7,10,16H,8-9,11-13H2,1-4H3,(H,19,21)/t16-/m0/s1. The van der Waals surface area contributed by atoms with Crippen molar-refractivity contribution in [3.8, 4) is 0 Å².